The van der Waals surface area contributed by atoms with Gasteiger partial charge in [0.15, 0.2) is 0 Å². The van der Waals surface area contributed by atoms with Crippen LogP contribution in [0.1, 0.15) is 24.4 Å². The summed E-state index contributed by atoms with van der Waals surface area (Å²) in [4.78, 5) is 0. The third-order valence-corrected chi connectivity index (χ3v) is 3.45. The first-order chi connectivity index (χ1) is 8.22. The Labute approximate surface area is 101 Å². The molecule has 3 N–H and O–H groups in total. The maximum absolute atomic E-state index is 13.8. The van der Waals surface area contributed by atoms with E-state index in [-0.39, 0.29) is 11.9 Å². The van der Waals surface area contributed by atoms with E-state index in [4.69, 9.17) is 10.5 Å². The zero-order valence-electron chi connectivity index (χ0n) is 10.1. The Morgan fingerprint density at radius 2 is 2.12 bits per heavy atom. The van der Waals surface area contributed by atoms with Gasteiger partial charge in [0.25, 0.3) is 0 Å². The van der Waals surface area contributed by atoms with Crippen LogP contribution in [0.4, 0.5) is 4.39 Å². The quantitative estimate of drug-likeness (QED) is 0.844. The Hall–Kier alpha value is -1.13. The molecular weight excluding hydrogens is 219 g/mol. The number of halogens is 1. The van der Waals surface area contributed by atoms with Crippen molar-refractivity contribution in [2.75, 3.05) is 20.2 Å². The number of nitrogens with two attached hydrogens (primary N) is 1. The molecule has 0 spiro atoms. The largest absolute Gasteiger partial charge is 0.497 e. The molecule has 2 rings (SSSR count). The molecule has 94 valence electrons. The minimum Gasteiger partial charge on any atom is -0.497 e. The molecule has 0 saturated carbocycles. The summed E-state index contributed by atoms with van der Waals surface area (Å²) < 4.78 is 18.9. The van der Waals surface area contributed by atoms with Crippen LogP contribution in [0.25, 0.3) is 0 Å². The van der Waals surface area contributed by atoms with Crippen molar-refractivity contribution in [3.8, 4) is 5.75 Å². The van der Waals surface area contributed by atoms with E-state index in [9.17, 15) is 4.39 Å². The fourth-order valence-electron chi connectivity index (χ4n) is 2.36. The molecule has 4 heteroatoms. The molecule has 1 atom stereocenters. The zero-order valence-corrected chi connectivity index (χ0v) is 10.1. The van der Waals surface area contributed by atoms with Crippen molar-refractivity contribution in [1.82, 2.24) is 5.32 Å². The topological polar surface area (TPSA) is 47.3 Å². The molecule has 1 aliphatic heterocycles. The molecule has 1 saturated heterocycles. The minimum atomic E-state index is -0.243. The van der Waals surface area contributed by atoms with Gasteiger partial charge in [-0.25, -0.2) is 4.39 Å². The summed E-state index contributed by atoms with van der Waals surface area (Å²) in [5, 5.41) is 3.28. The lowest BCUT2D eigenvalue weighted by atomic mass is 9.86. The van der Waals surface area contributed by atoms with Gasteiger partial charge in [0, 0.05) is 11.6 Å². The van der Waals surface area contributed by atoms with Crippen molar-refractivity contribution in [2.24, 2.45) is 11.7 Å². The zero-order chi connectivity index (χ0) is 12.3. The summed E-state index contributed by atoms with van der Waals surface area (Å²) in [6.45, 7) is 1.92. The smallest absolute Gasteiger partial charge is 0.128 e. The van der Waals surface area contributed by atoms with E-state index in [1.807, 2.05) is 0 Å². The van der Waals surface area contributed by atoms with Crippen LogP contribution in [-0.2, 0) is 0 Å². The van der Waals surface area contributed by atoms with E-state index in [1.165, 1.54) is 6.07 Å². The van der Waals surface area contributed by atoms with Gasteiger partial charge < -0.3 is 15.8 Å². The standard InChI is InChI=1S/C13H19FN2O/c1-17-10-2-3-12(14)11(8-10)13(15)9-4-6-16-7-5-9/h2-3,8-9,13,16H,4-7,15H2,1H3/t13-/m1/s1. The highest BCUT2D eigenvalue weighted by atomic mass is 19.1. The van der Waals surface area contributed by atoms with Crippen LogP contribution in [0.3, 0.4) is 0 Å². The second kappa shape index (κ2) is 5.47. The predicted molar refractivity (Wildman–Crippen MR) is 65.5 cm³/mol. The van der Waals surface area contributed by atoms with Crippen molar-refractivity contribution < 1.29 is 9.13 Å². The van der Waals surface area contributed by atoms with Crippen molar-refractivity contribution in [2.45, 2.75) is 18.9 Å². The summed E-state index contributed by atoms with van der Waals surface area (Å²) in [5.41, 5.74) is 6.74. The number of hydrogen-bond donors (Lipinski definition) is 2. The van der Waals surface area contributed by atoms with Gasteiger partial charge in [-0.1, -0.05) is 0 Å². The Morgan fingerprint density at radius 1 is 1.41 bits per heavy atom. The number of piperidine rings is 1. The van der Waals surface area contributed by atoms with Gasteiger partial charge in [-0.05, 0) is 50.0 Å². The minimum absolute atomic E-state index is 0.239. The first-order valence-corrected chi connectivity index (χ1v) is 6.02. The second-order valence-electron chi connectivity index (χ2n) is 4.50. The summed E-state index contributed by atoms with van der Waals surface area (Å²) >= 11 is 0. The highest BCUT2D eigenvalue weighted by Gasteiger charge is 2.24. The second-order valence-corrected chi connectivity index (χ2v) is 4.50. The number of hydrogen-bond acceptors (Lipinski definition) is 3. The van der Waals surface area contributed by atoms with E-state index in [2.05, 4.69) is 5.32 Å². The summed E-state index contributed by atoms with van der Waals surface area (Å²) in [5.74, 6) is 0.764. The molecule has 0 aliphatic carbocycles. The monoisotopic (exact) mass is 238 g/mol. The van der Waals surface area contributed by atoms with Gasteiger partial charge in [-0.15, -0.1) is 0 Å². The lowest BCUT2D eigenvalue weighted by molar-refractivity contribution is 0.316. The first kappa shape index (κ1) is 12.3. The summed E-state index contributed by atoms with van der Waals surface area (Å²) in [6.07, 6.45) is 2.00. The molecule has 0 unspecified atom stereocenters. The summed E-state index contributed by atoms with van der Waals surface area (Å²) in [7, 11) is 1.58. The Balaban J connectivity index is 2.19. The van der Waals surface area contributed by atoms with E-state index >= 15 is 0 Å². The Bertz CT molecular complexity index is 378. The van der Waals surface area contributed by atoms with Gasteiger partial charge in [-0.3, -0.25) is 0 Å². The van der Waals surface area contributed by atoms with Crippen molar-refractivity contribution >= 4 is 0 Å². The lowest BCUT2D eigenvalue weighted by Gasteiger charge is -2.28. The fraction of sp³-hybridized carbons (Fsp3) is 0.538. The first-order valence-electron chi connectivity index (χ1n) is 6.02. The maximum atomic E-state index is 13.8. The van der Waals surface area contributed by atoms with Gasteiger partial charge in [-0.2, -0.15) is 0 Å². The van der Waals surface area contributed by atoms with Crippen molar-refractivity contribution in [1.29, 1.82) is 0 Å². The maximum Gasteiger partial charge on any atom is 0.128 e. The lowest BCUT2D eigenvalue weighted by Crippen LogP contribution is -2.34. The van der Waals surface area contributed by atoms with Crippen LogP contribution in [0.2, 0.25) is 0 Å². The van der Waals surface area contributed by atoms with Gasteiger partial charge in [0.1, 0.15) is 11.6 Å². The molecule has 17 heavy (non-hydrogen) atoms. The third kappa shape index (κ3) is 2.76. The summed E-state index contributed by atoms with van der Waals surface area (Å²) in [6, 6.07) is 4.51. The molecule has 0 radical (unpaired) electrons. The fourth-order valence-corrected chi connectivity index (χ4v) is 2.36. The Kier molecular flexibility index (Phi) is 3.97. The van der Waals surface area contributed by atoms with Crippen LogP contribution in [0.15, 0.2) is 18.2 Å². The van der Waals surface area contributed by atoms with E-state index in [0.717, 1.165) is 25.9 Å². The Morgan fingerprint density at radius 3 is 2.76 bits per heavy atom. The molecule has 1 heterocycles. The third-order valence-electron chi connectivity index (χ3n) is 3.45. The van der Waals surface area contributed by atoms with E-state index in [0.29, 0.717) is 17.2 Å². The molecule has 0 bridgehead atoms. The highest BCUT2D eigenvalue weighted by molar-refractivity contribution is 5.32. The van der Waals surface area contributed by atoms with Gasteiger partial charge in [0.2, 0.25) is 0 Å². The molecule has 1 aromatic carbocycles. The molecule has 1 fully saturated rings. The average Bonchev–Trinajstić information content (AvgIpc) is 2.39. The number of benzene rings is 1. The average molecular weight is 238 g/mol. The van der Waals surface area contributed by atoms with E-state index in [1.54, 1.807) is 19.2 Å². The van der Waals surface area contributed by atoms with Gasteiger partial charge in [0.05, 0.1) is 7.11 Å². The van der Waals surface area contributed by atoms with Crippen molar-refractivity contribution in [3.63, 3.8) is 0 Å². The normalized spacial score (nSPS) is 19.0. The van der Waals surface area contributed by atoms with E-state index < -0.39 is 0 Å². The number of methoxy groups -OCH3 is 1. The van der Waals surface area contributed by atoms with Crippen LogP contribution in [0, 0.1) is 11.7 Å². The van der Waals surface area contributed by atoms with Crippen molar-refractivity contribution in [3.05, 3.63) is 29.6 Å². The van der Waals surface area contributed by atoms with Crippen LogP contribution in [0.5, 0.6) is 5.75 Å². The number of ether oxygens (including phenoxy) is 1. The SMILES string of the molecule is COc1ccc(F)c([C@H](N)C2CCNCC2)c1. The highest BCUT2D eigenvalue weighted by Crippen LogP contribution is 2.30. The number of nitrogens with one attached hydrogen (secondary N) is 1. The molecule has 3 nitrogen and oxygen atoms in total. The molecule has 1 aromatic rings. The molecule has 0 aromatic heterocycles. The molecule has 1 aliphatic rings. The van der Waals surface area contributed by atoms with Crippen LogP contribution < -0.4 is 15.8 Å². The molecular formula is C13H19FN2O. The number of rotatable bonds is 3. The van der Waals surface area contributed by atoms with Gasteiger partial charge >= 0.3 is 0 Å². The molecule has 0 amide bonds. The predicted octanol–water partition coefficient (Wildman–Crippen LogP) is 1.83. The van der Waals surface area contributed by atoms with Crippen LogP contribution >= 0.6 is 0 Å². The van der Waals surface area contributed by atoms with Crippen LogP contribution in [-0.4, -0.2) is 20.2 Å².